The number of nitrogens with zero attached hydrogens (tertiary/aromatic N) is 5. The van der Waals surface area contributed by atoms with Gasteiger partial charge in [0.25, 0.3) is 0 Å². The Balaban J connectivity index is 2.42. The Morgan fingerprint density at radius 3 is 2.75 bits per heavy atom. The first-order valence-electron chi connectivity index (χ1n) is 4.67. The molecule has 0 unspecified atom stereocenters. The summed E-state index contributed by atoms with van der Waals surface area (Å²) in [4.78, 5) is 2.57. The fraction of sp³-hybridized carbons (Fsp3) is 0.200. The van der Waals surface area contributed by atoms with Crippen molar-refractivity contribution in [3.05, 3.63) is 39.8 Å². The summed E-state index contributed by atoms with van der Waals surface area (Å²) in [6.07, 6.45) is 0. The van der Waals surface area contributed by atoms with Crippen molar-refractivity contribution in [3.8, 4) is 11.5 Å². The topological polar surface area (TPSA) is 87.7 Å². The number of hydrogen-bond acceptors (Lipinski definition) is 4. The Kier molecular flexibility index (Phi) is 2.57. The largest absolute Gasteiger partial charge is 0.415 e. The summed E-state index contributed by atoms with van der Waals surface area (Å²) in [6.45, 7) is 4.03. The second-order valence-electron chi connectivity index (χ2n) is 3.38. The molecule has 6 heteroatoms. The van der Waals surface area contributed by atoms with Gasteiger partial charge in [0.05, 0.1) is 0 Å². The van der Waals surface area contributed by atoms with Gasteiger partial charge in [-0.2, -0.15) is 0 Å². The van der Waals surface area contributed by atoms with Gasteiger partial charge < -0.3 is 4.42 Å². The van der Waals surface area contributed by atoms with E-state index >= 15 is 0 Å². The summed E-state index contributed by atoms with van der Waals surface area (Å²) in [5, 5.41) is 10.6. The maximum absolute atomic E-state index is 8.21. The predicted molar refractivity (Wildman–Crippen MR) is 58.0 cm³/mol. The molecule has 0 N–H and O–H groups in total. The van der Waals surface area contributed by atoms with Crippen LogP contribution in [0.1, 0.15) is 11.1 Å². The van der Waals surface area contributed by atoms with E-state index in [1.165, 1.54) is 5.56 Å². The van der Waals surface area contributed by atoms with Crippen molar-refractivity contribution in [1.29, 1.82) is 0 Å². The third kappa shape index (κ3) is 1.87. The minimum Gasteiger partial charge on any atom is -0.415 e. The molecule has 1 aromatic heterocycles. The van der Waals surface area contributed by atoms with Crippen molar-refractivity contribution in [3.63, 3.8) is 0 Å². The molecule has 0 spiro atoms. The molecule has 0 saturated carbocycles. The number of azide groups is 1. The van der Waals surface area contributed by atoms with Gasteiger partial charge in [-0.05, 0) is 42.6 Å². The van der Waals surface area contributed by atoms with Crippen LogP contribution in [-0.2, 0) is 0 Å². The molecule has 0 aliphatic heterocycles. The van der Waals surface area contributed by atoms with Gasteiger partial charge in [0.1, 0.15) is 0 Å². The van der Waals surface area contributed by atoms with E-state index in [1.807, 2.05) is 32.0 Å². The van der Waals surface area contributed by atoms with Crippen LogP contribution >= 0.6 is 0 Å². The van der Waals surface area contributed by atoms with Gasteiger partial charge in [0.2, 0.25) is 5.89 Å². The Bertz CT molecular complexity index is 568. The average molecular weight is 215 g/mol. The molecule has 0 fully saturated rings. The summed E-state index contributed by atoms with van der Waals surface area (Å²) in [6, 6.07) is 5.73. The number of aromatic nitrogens is 2. The summed E-state index contributed by atoms with van der Waals surface area (Å²) in [7, 11) is 0. The minimum absolute atomic E-state index is 0.0734. The highest BCUT2D eigenvalue weighted by atomic mass is 16.4. The molecule has 0 bridgehead atoms. The molecule has 16 heavy (non-hydrogen) atoms. The van der Waals surface area contributed by atoms with Crippen molar-refractivity contribution >= 4 is 6.01 Å². The van der Waals surface area contributed by atoms with E-state index in [-0.39, 0.29) is 6.01 Å². The molecule has 1 aromatic carbocycles. The van der Waals surface area contributed by atoms with Crippen LogP contribution in [0.3, 0.4) is 0 Å². The summed E-state index contributed by atoms with van der Waals surface area (Å²) in [5.74, 6) is 0.352. The Labute approximate surface area is 91.6 Å². The maximum atomic E-state index is 8.21. The second-order valence-corrected chi connectivity index (χ2v) is 3.38. The predicted octanol–water partition coefficient (Wildman–Crippen LogP) is 3.30. The van der Waals surface area contributed by atoms with Crippen molar-refractivity contribution < 1.29 is 4.42 Å². The van der Waals surface area contributed by atoms with E-state index in [2.05, 4.69) is 20.2 Å². The van der Waals surface area contributed by atoms with E-state index in [4.69, 9.17) is 9.95 Å². The smallest absolute Gasteiger partial charge is 0.304 e. The fourth-order valence-electron chi connectivity index (χ4n) is 1.29. The van der Waals surface area contributed by atoms with Crippen LogP contribution in [0.2, 0.25) is 0 Å². The molecule has 0 radical (unpaired) electrons. The molecule has 0 aliphatic rings. The second kappa shape index (κ2) is 4.04. The molecule has 0 atom stereocenters. The molecule has 0 saturated heterocycles. The molecular weight excluding hydrogens is 206 g/mol. The monoisotopic (exact) mass is 215 g/mol. The highest BCUT2D eigenvalue weighted by Gasteiger charge is 2.07. The van der Waals surface area contributed by atoms with Gasteiger partial charge in [-0.1, -0.05) is 6.07 Å². The zero-order valence-corrected chi connectivity index (χ0v) is 8.88. The van der Waals surface area contributed by atoms with Crippen LogP contribution < -0.4 is 0 Å². The minimum atomic E-state index is -0.0734. The van der Waals surface area contributed by atoms with Gasteiger partial charge in [-0.15, -0.1) is 10.2 Å². The lowest BCUT2D eigenvalue weighted by Gasteiger charge is -2.00. The summed E-state index contributed by atoms with van der Waals surface area (Å²) < 4.78 is 5.16. The molecular formula is C10H9N5O. The standard InChI is InChI=1S/C10H9N5O/c1-6-3-4-8(5-7(6)2)9-12-13-10(16-9)14-15-11/h3-5H,1-2H3. The summed E-state index contributed by atoms with van der Waals surface area (Å²) >= 11 is 0. The van der Waals surface area contributed by atoms with Crippen molar-refractivity contribution in [2.75, 3.05) is 0 Å². The van der Waals surface area contributed by atoms with E-state index in [1.54, 1.807) is 0 Å². The van der Waals surface area contributed by atoms with Gasteiger partial charge >= 0.3 is 6.01 Å². The number of hydrogen-bond donors (Lipinski definition) is 0. The number of benzene rings is 1. The van der Waals surface area contributed by atoms with Gasteiger partial charge in [-0.3, -0.25) is 0 Å². The zero-order valence-electron chi connectivity index (χ0n) is 8.88. The Morgan fingerprint density at radius 1 is 1.25 bits per heavy atom. The lowest BCUT2D eigenvalue weighted by molar-refractivity contribution is 0.578. The Hall–Kier alpha value is -2.33. The first-order chi connectivity index (χ1) is 7.70. The summed E-state index contributed by atoms with van der Waals surface area (Å²) in [5.41, 5.74) is 11.4. The molecule has 1 heterocycles. The van der Waals surface area contributed by atoms with Crippen LogP contribution in [0.4, 0.5) is 6.01 Å². The first-order valence-corrected chi connectivity index (χ1v) is 4.67. The van der Waals surface area contributed by atoms with Crippen LogP contribution in [-0.4, -0.2) is 10.2 Å². The van der Waals surface area contributed by atoms with Crippen molar-refractivity contribution in [1.82, 2.24) is 10.2 Å². The quantitative estimate of drug-likeness (QED) is 0.437. The van der Waals surface area contributed by atoms with Gasteiger partial charge in [0.15, 0.2) is 0 Å². The third-order valence-electron chi connectivity index (χ3n) is 2.30. The lowest BCUT2D eigenvalue weighted by atomic mass is 10.1. The van der Waals surface area contributed by atoms with E-state index < -0.39 is 0 Å². The van der Waals surface area contributed by atoms with Gasteiger partial charge in [0, 0.05) is 15.6 Å². The van der Waals surface area contributed by atoms with Crippen LogP contribution in [0.15, 0.2) is 27.7 Å². The van der Waals surface area contributed by atoms with Crippen molar-refractivity contribution in [2.45, 2.75) is 13.8 Å². The normalized spacial score (nSPS) is 9.88. The zero-order chi connectivity index (χ0) is 11.5. The molecule has 0 aliphatic carbocycles. The molecule has 2 aromatic rings. The first kappa shape index (κ1) is 10.2. The highest BCUT2D eigenvalue weighted by molar-refractivity contribution is 5.55. The van der Waals surface area contributed by atoms with E-state index in [0.717, 1.165) is 11.1 Å². The third-order valence-corrected chi connectivity index (χ3v) is 2.30. The molecule has 2 rings (SSSR count). The van der Waals surface area contributed by atoms with E-state index in [9.17, 15) is 0 Å². The van der Waals surface area contributed by atoms with Crippen LogP contribution in [0, 0.1) is 13.8 Å². The van der Waals surface area contributed by atoms with Gasteiger partial charge in [-0.25, -0.2) is 0 Å². The van der Waals surface area contributed by atoms with Crippen LogP contribution in [0.25, 0.3) is 21.9 Å². The molecule has 6 nitrogen and oxygen atoms in total. The lowest BCUT2D eigenvalue weighted by Crippen LogP contribution is -1.83. The van der Waals surface area contributed by atoms with Crippen LogP contribution in [0.5, 0.6) is 0 Å². The average Bonchev–Trinajstić information content (AvgIpc) is 2.71. The SMILES string of the molecule is Cc1ccc(-c2nnc(N=[N+]=[N-])o2)cc1C. The number of rotatable bonds is 2. The van der Waals surface area contributed by atoms with Crippen molar-refractivity contribution in [2.24, 2.45) is 5.11 Å². The highest BCUT2D eigenvalue weighted by Crippen LogP contribution is 2.23. The Morgan fingerprint density at radius 2 is 2.06 bits per heavy atom. The van der Waals surface area contributed by atoms with E-state index in [0.29, 0.717) is 5.89 Å². The molecule has 80 valence electrons. The maximum Gasteiger partial charge on any atom is 0.304 e. The number of aryl methyl sites for hydroxylation is 2. The fourth-order valence-corrected chi connectivity index (χ4v) is 1.29. The molecule has 0 amide bonds.